The molecule has 2 amide bonds. The number of carbonyl (C=O) groups is 2. The van der Waals surface area contributed by atoms with E-state index in [4.69, 9.17) is 9.47 Å². The second kappa shape index (κ2) is 8.69. The Kier molecular flexibility index (Phi) is 5.56. The van der Waals surface area contributed by atoms with Gasteiger partial charge in [-0.1, -0.05) is 0 Å². The summed E-state index contributed by atoms with van der Waals surface area (Å²) in [5.41, 5.74) is 0.996. The van der Waals surface area contributed by atoms with Crippen LogP contribution in [0.4, 0.5) is 18.9 Å². The van der Waals surface area contributed by atoms with E-state index in [1.54, 1.807) is 6.07 Å². The molecule has 34 heavy (non-hydrogen) atoms. The molecule has 7 nitrogen and oxygen atoms in total. The Morgan fingerprint density at radius 2 is 1.94 bits per heavy atom. The molecule has 1 fully saturated rings. The lowest BCUT2D eigenvalue weighted by Gasteiger charge is -2.39. The number of likely N-dealkylation sites (tertiary alicyclic amines) is 1. The number of carbonyl (C=O) groups excluding carboxylic acids is 2. The summed E-state index contributed by atoms with van der Waals surface area (Å²) in [5.74, 6) is -2.53. The van der Waals surface area contributed by atoms with Crippen molar-refractivity contribution >= 4 is 17.5 Å². The van der Waals surface area contributed by atoms with Crippen molar-refractivity contribution in [2.45, 2.75) is 0 Å². The Labute approximate surface area is 192 Å². The number of hydrogen-bond acceptors (Lipinski definition) is 5. The summed E-state index contributed by atoms with van der Waals surface area (Å²) in [6.07, 6.45) is 1.06. The van der Waals surface area contributed by atoms with Crippen LogP contribution in [-0.2, 0) is 4.79 Å². The van der Waals surface area contributed by atoms with E-state index in [9.17, 15) is 22.8 Å². The SMILES string of the molecule is O=C1COc2cc(F)c(C(=O)N3CC(COc4ccc(-c5ccc(F)cn5)cc4F)C3)cc2N1. The number of anilines is 1. The van der Waals surface area contributed by atoms with Crippen LogP contribution in [0.5, 0.6) is 11.5 Å². The molecule has 2 aromatic carbocycles. The van der Waals surface area contributed by atoms with E-state index < -0.39 is 23.4 Å². The van der Waals surface area contributed by atoms with Gasteiger partial charge in [0.25, 0.3) is 11.8 Å². The Hall–Kier alpha value is -4.08. The Morgan fingerprint density at radius 1 is 1.12 bits per heavy atom. The van der Waals surface area contributed by atoms with Crippen molar-refractivity contribution in [3.05, 3.63) is 71.7 Å². The lowest BCUT2D eigenvalue weighted by Crippen LogP contribution is -2.52. The summed E-state index contributed by atoms with van der Waals surface area (Å²) in [6.45, 7) is 0.597. The smallest absolute Gasteiger partial charge is 0.262 e. The van der Waals surface area contributed by atoms with Crippen LogP contribution in [0.2, 0.25) is 0 Å². The van der Waals surface area contributed by atoms with Gasteiger partial charge in [-0.3, -0.25) is 14.6 Å². The van der Waals surface area contributed by atoms with E-state index in [1.165, 1.54) is 35.2 Å². The second-order valence-corrected chi connectivity index (χ2v) is 8.06. The van der Waals surface area contributed by atoms with E-state index in [0.29, 0.717) is 24.3 Å². The standard InChI is InChI=1S/C24H18F3N3O4/c25-15-2-3-19(28-8-15)14-1-4-21(18(27)5-14)33-11-13-9-30(10-13)24(32)16-6-20-22(7-17(16)26)34-12-23(31)29-20/h1-8,13H,9-12H2,(H,29,31). The molecular formula is C24H18F3N3O4. The predicted molar refractivity (Wildman–Crippen MR) is 115 cm³/mol. The number of halogens is 3. The van der Waals surface area contributed by atoms with Crippen LogP contribution in [0.1, 0.15) is 10.4 Å². The van der Waals surface area contributed by atoms with Crippen LogP contribution in [-0.4, -0.2) is 48.0 Å². The van der Waals surface area contributed by atoms with E-state index in [-0.39, 0.29) is 47.8 Å². The molecule has 0 bridgehead atoms. The molecule has 0 radical (unpaired) electrons. The summed E-state index contributed by atoms with van der Waals surface area (Å²) in [6, 6.07) is 9.39. The molecule has 1 N–H and O–H groups in total. The zero-order valence-corrected chi connectivity index (χ0v) is 17.7. The largest absolute Gasteiger partial charge is 0.490 e. The number of benzene rings is 2. The first-order chi connectivity index (χ1) is 16.4. The molecule has 0 saturated carbocycles. The maximum absolute atomic E-state index is 14.5. The summed E-state index contributed by atoms with van der Waals surface area (Å²) in [5, 5.41) is 2.55. The molecule has 0 atom stereocenters. The van der Waals surface area contributed by atoms with E-state index in [1.807, 2.05) is 0 Å². The molecule has 10 heteroatoms. The number of aromatic nitrogens is 1. The maximum atomic E-state index is 14.5. The number of nitrogens with one attached hydrogen (secondary N) is 1. The lowest BCUT2D eigenvalue weighted by molar-refractivity contribution is -0.118. The topological polar surface area (TPSA) is 80.8 Å². The van der Waals surface area contributed by atoms with Crippen LogP contribution in [0, 0.1) is 23.4 Å². The molecule has 3 aromatic rings. The van der Waals surface area contributed by atoms with Crippen molar-refractivity contribution in [1.29, 1.82) is 0 Å². The van der Waals surface area contributed by atoms with Gasteiger partial charge in [-0.05, 0) is 36.4 Å². The van der Waals surface area contributed by atoms with Crippen molar-refractivity contribution in [3.8, 4) is 22.8 Å². The first-order valence-corrected chi connectivity index (χ1v) is 10.5. The zero-order valence-electron chi connectivity index (χ0n) is 17.7. The normalized spacial score (nSPS) is 15.1. The minimum Gasteiger partial charge on any atom is -0.490 e. The molecule has 3 heterocycles. The van der Waals surface area contributed by atoms with Crippen molar-refractivity contribution < 1.29 is 32.2 Å². The highest BCUT2D eigenvalue weighted by Gasteiger charge is 2.34. The average Bonchev–Trinajstić information content (AvgIpc) is 2.79. The van der Waals surface area contributed by atoms with Crippen molar-refractivity contribution in [2.24, 2.45) is 5.92 Å². The number of ether oxygens (including phenoxy) is 2. The molecule has 2 aliphatic heterocycles. The minimum atomic E-state index is -0.739. The number of amides is 2. The molecule has 174 valence electrons. The van der Waals surface area contributed by atoms with Crippen molar-refractivity contribution in [3.63, 3.8) is 0 Å². The third kappa shape index (κ3) is 4.26. The average molecular weight is 469 g/mol. The molecule has 0 unspecified atom stereocenters. The quantitative estimate of drug-likeness (QED) is 0.617. The molecule has 1 aromatic heterocycles. The van der Waals surface area contributed by atoms with Gasteiger partial charge < -0.3 is 19.7 Å². The van der Waals surface area contributed by atoms with Crippen LogP contribution >= 0.6 is 0 Å². The fourth-order valence-corrected chi connectivity index (χ4v) is 3.81. The summed E-state index contributed by atoms with van der Waals surface area (Å²) in [4.78, 5) is 29.5. The fourth-order valence-electron chi connectivity index (χ4n) is 3.81. The molecule has 5 rings (SSSR count). The molecule has 2 aliphatic rings. The van der Waals surface area contributed by atoms with E-state index >= 15 is 0 Å². The fraction of sp³-hybridized carbons (Fsp3) is 0.208. The summed E-state index contributed by atoms with van der Waals surface area (Å²) in [7, 11) is 0. The monoisotopic (exact) mass is 469 g/mol. The number of hydrogen-bond donors (Lipinski definition) is 1. The minimum absolute atomic E-state index is 0.0483. The van der Waals surface area contributed by atoms with Gasteiger partial charge in [-0.25, -0.2) is 13.2 Å². The van der Waals surface area contributed by atoms with Gasteiger partial charge in [-0.2, -0.15) is 0 Å². The van der Waals surface area contributed by atoms with Gasteiger partial charge in [0, 0.05) is 30.6 Å². The van der Waals surface area contributed by atoms with E-state index in [2.05, 4.69) is 10.3 Å². The van der Waals surface area contributed by atoms with Crippen molar-refractivity contribution in [1.82, 2.24) is 9.88 Å². The first-order valence-electron chi connectivity index (χ1n) is 10.5. The van der Waals surface area contributed by atoms with Crippen LogP contribution in [0.3, 0.4) is 0 Å². The number of pyridine rings is 1. The zero-order chi connectivity index (χ0) is 23.8. The van der Waals surface area contributed by atoms with Gasteiger partial charge in [0.05, 0.1) is 29.7 Å². The highest BCUT2D eigenvalue weighted by atomic mass is 19.1. The van der Waals surface area contributed by atoms with E-state index in [0.717, 1.165) is 12.3 Å². The van der Waals surface area contributed by atoms with Gasteiger partial charge in [0.1, 0.15) is 17.4 Å². The number of rotatable bonds is 5. The number of fused-ring (bicyclic) bond motifs is 1. The second-order valence-electron chi connectivity index (χ2n) is 8.06. The van der Waals surface area contributed by atoms with Crippen LogP contribution < -0.4 is 14.8 Å². The highest BCUT2D eigenvalue weighted by molar-refractivity contribution is 6.00. The highest BCUT2D eigenvalue weighted by Crippen LogP contribution is 2.32. The Morgan fingerprint density at radius 3 is 2.68 bits per heavy atom. The lowest BCUT2D eigenvalue weighted by atomic mass is 9.99. The van der Waals surface area contributed by atoms with Gasteiger partial charge >= 0.3 is 0 Å². The van der Waals surface area contributed by atoms with Gasteiger partial charge in [0.15, 0.2) is 18.2 Å². The number of nitrogens with zero attached hydrogens (tertiary/aromatic N) is 2. The Bertz CT molecular complexity index is 1280. The van der Waals surface area contributed by atoms with Gasteiger partial charge in [0.2, 0.25) is 0 Å². The Balaban J connectivity index is 1.17. The maximum Gasteiger partial charge on any atom is 0.262 e. The molecule has 1 saturated heterocycles. The van der Waals surface area contributed by atoms with Crippen LogP contribution in [0.15, 0.2) is 48.7 Å². The summed E-state index contributed by atoms with van der Waals surface area (Å²) >= 11 is 0. The summed E-state index contributed by atoms with van der Waals surface area (Å²) < 4.78 is 52.6. The van der Waals surface area contributed by atoms with Gasteiger partial charge in [-0.15, -0.1) is 0 Å². The predicted octanol–water partition coefficient (Wildman–Crippen LogP) is 3.65. The third-order valence-electron chi connectivity index (χ3n) is 5.61. The molecule has 0 aliphatic carbocycles. The van der Waals surface area contributed by atoms with Crippen LogP contribution in [0.25, 0.3) is 11.3 Å². The molecule has 0 spiro atoms. The van der Waals surface area contributed by atoms with Crippen molar-refractivity contribution in [2.75, 3.05) is 31.6 Å². The molecular weight excluding hydrogens is 451 g/mol. The third-order valence-corrected chi connectivity index (χ3v) is 5.61. The first kappa shape index (κ1) is 21.7.